The number of nitrogens with one attached hydrogen (secondary N) is 1. The zero-order valence-corrected chi connectivity index (χ0v) is 14.2. The summed E-state index contributed by atoms with van der Waals surface area (Å²) in [6.45, 7) is 3.82. The SMILES string of the molecule is CCOC(=O)c1ccc(OCC(=O)Nc2ccc(C)cc2Cl)cc1. The summed E-state index contributed by atoms with van der Waals surface area (Å²) in [6, 6.07) is 11.8. The molecule has 0 saturated carbocycles. The highest BCUT2D eigenvalue weighted by molar-refractivity contribution is 6.33. The standard InChI is InChI=1S/C18H18ClNO4/c1-3-23-18(22)13-5-7-14(8-6-13)24-11-17(21)20-16-9-4-12(2)10-15(16)19/h4-10H,3,11H2,1-2H3,(H,20,21). The van der Waals surface area contributed by atoms with Gasteiger partial charge in [0.1, 0.15) is 5.75 Å². The lowest BCUT2D eigenvalue weighted by atomic mass is 10.2. The summed E-state index contributed by atoms with van der Waals surface area (Å²) in [6.07, 6.45) is 0. The molecule has 0 aliphatic heterocycles. The van der Waals surface area contributed by atoms with Crippen LogP contribution in [0.2, 0.25) is 5.02 Å². The van der Waals surface area contributed by atoms with E-state index in [1.165, 1.54) is 0 Å². The maximum absolute atomic E-state index is 11.9. The minimum Gasteiger partial charge on any atom is -0.484 e. The largest absolute Gasteiger partial charge is 0.484 e. The molecule has 0 unspecified atom stereocenters. The van der Waals surface area contributed by atoms with Gasteiger partial charge in [-0.1, -0.05) is 17.7 Å². The number of halogens is 1. The number of hydrogen-bond donors (Lipinski definition) is 1. The first-order chi connectivity index (χ1) is 11.5. The summed E-state index contributed by atoms with van der Waals surface area (Å²) in [7, 11) is 0. The van der Waals surface area contributed by atoms with Crippen molar-refractivity contribution in [1.82, 2.24) is 0 Å². The number of esters is 1. The normalized spacial score (nSPS) is 10.1. The Labute approximate surface area is 145 Å². The van der Waals surface area contributed by atoms with Gasteiger partial charge in [-0.25, -0.2) is 4.79 Å². The highest BCUT2D eigenvalue weighted by Crippen LogP contribution is 2.22. The smallest absolute Gasteiger partial charge is 0.338 e. The number of benzene rings is 2. The molecule has 126 valence electrons. The second kappa shape index (κ2) is 8.36. The average Bonchev–Trinajstić information content (AvgIpc) is 2.56. The zero-order chi connectivity index (χ0) is 17.5. The van der Waals surface area contributed by atoms with Crippen molar-refractivity contribution in [2.75, 3.05) is 18.5 Å². The van der Waals surface area contributed by atoms with Gasteiger partial charge in [-0.3, -0.25) is 4.79 Å². The van der Waals surface area contributed by atoms with Gasteiger partial charge in [-0.2, -0.15) is 0 Å². The molecule has 0 fully saturated rings. The highest BCUT2D eigenvalue weighted by atomic mass is 35.5. The molecule has 0 aliphatic rings. The number of ether oxygens (including phenoxy) is 2. The summed E-state index contributed by atoms with van der Waals surface area (Å²) >= 11 is 6.06. The van der Waals surface area contributed by atoms with E-state index in [9.17, 15) is 9.59 Å². The first-order valence-electron chi connectivity index (χ1n) is 7.45. The molecule has 0 aromatic heterocycles. The fraction of sp³-hybridized carbons (Fsp3) is 0.222. The summed E-state index contributed by atoms with van der Waals surface area (Å²) in [5.74, 6) is -0.237. The number of carbonyl (C=O) groups excluding carboxylic acids is 2. The number of carbonyl (C=O) groups is 2. The van der Waals surface area contributed by atoms with E-state index in [1.807, 2.05) is 13.0 Å². The van der Waals surface area contributed by atoms with E-state index < -0.39 is 5.97 Å². The number of anilines is 1. The second-order valence-electron chi connectivity index (χ2n) is 5.06. The van der Waals surface area contributed by atoms with Crippen LogP contribution in [0.25, 0.3) is 0 Å². The van der Waals surface area contributed by atoms with Crippen molar-refractivity contribution in [1.29, 1.82) is 0 Å². The zero-order valence-electron chi connectivity index (χ0n) is 13.5. The van der Waals surface area contributed by atoms with Crippen molar-refractivity contribution in [2.24, 2.45) is 0 Å². The second-order valence-corrected chi connectivity index (χ2v) is 5.47. The lowest BCUT2D eigenvalue weighted by molar-refractivity contribution is -0.118. The summed E-state index contributed by atoms with van der Waals surface area (Å²) in [5, 5.41) is 3.16. The predicted molar refractivity (Wildman–Crippen MR) is 92.7 cm³/mol. The van der Waals surface area contributed by atoms with Gasteiger partial charge in [0.25, 0.3) is 5.91 Å². The minimum absolute atomic E-state index is 0.164. The van der Waals surface area contributed by atoms with Crippen LogP contribution < -0.4 is 10.1 Å². The third-order valence-corrected chi connectivity index (χ3v) is 3.45. The Kier molecular flexibility index (Phi) is 6.21. The topological polar surface area (TPSA) is 64.6 Å². The molecule has 5 nitrogen and oxygen atoms in total. The number of rotatable bonds is 6. The third-order valence-electron chi connectivity index (χ3n) is 3.13. The van der Waals surface area contributed by atoms with Crippen LogP contribution in [0.5, 0.6) is 5.75 Å². The van der Waals surface area contributed by atoms with Crippen LogP contribution in [-0.4, -0.2) is 25.1 Å². The molecule has 0 saturated heterocycles. The van der Waals surface area contributed by atoms with E-state index in [1.54, 1.807) is 43.3 Å². The fourth-order valence-electron chi connectivity index (χ4n) is 1.96. The summed E-state index contributed by atoms with van der Waals surface area (Å²) < 4.78 is 10.3. The van der Waals surface area contributed by atoms with Crippen LogP contribution in [0, 0.1) is 6.92 Å². The van der Waals surface area contributed by atoms with Gasteiger partial charge >= 0.3 is 5.97 Å². The predicted octanol–water partition coefficient (Wildman–Crippen LogP) is 3.84. The Balaban J connectivity index is 1.88. The maximum atomic E-state index is 11.9. The molecule has 2 aromatic rings. The van der Waals surface area contributed by atoms with E-state index in [2.05, 4.69) is 5.32 Å². The molecule has 0 bridgehead atoms. The van der Waals surface area contributed by atoms with Crippen molar-refractivity contribution in [3.63, 3.8) is 0 Å². The van der Waals surface area contributed by atoms with Crippen LogP contribution in [0.3, 0.4) is 0 Å². The van der Waals surface area contributed by atoms with Crippen molar-refractivity contribution in [3.8, 4) is 5.75 Å². The molecule has 0 spiro atoms. The molecule has 6 heteroatoms. The van der Waals surface area contributed by atoms with Crippen molar-refractivity contribution in [2.45, 2.75) is 13.8 Å². The third kappa shape index (κ3) is 4.99. The van der Waals surface area contributed by atoms with Gasteiger partial charge in [-0.15, -0.1) is 0 Å². The van der Waals surface area contributed by atoms with Gasteiger partial charge in [0.2, 0.25) is 0 Å². The van der Waals surface area contributed by atoms with Crippen LogP contribution in [0.15, 0.2) is 42.5 Å². The van der Waals surface area contributed by atoms with E-state index in [4.69, 9.17) is 21.1 Å². The van der Waals surface area contributed by atoms with Gasteiger partial charge < -0.3 is 14.8 Å². The lowest BCUT2D eigenvalue weighted by Gasteiger charge is -2.09. The Bertz CT molecular complexity index is 728. The van der Waals surface area contributed by atoms with Crippen LogP contribution in [0.4, 0.5) is 5.69 Å². The molecular weight excluding hydrogens is 330 g/mol. The van der Waals surface area contributed by atoms with Gasteiger partial charge in [0.05, 0.1) is 22.9 Å². The first-order valence-corrected chi connectivity index (χ1v) is 7.83. The molecule has 1 N–H and O–H groups in total. The molecular formula is C18H18ClNO4. The van der Waals surface area contributed by atoms with Crippen LogP contribution in [0.1, 0.15) is 22.8 Å². The lowest BCUT2D eigenvalue weighted by Crippen LogP contribution is -2.20. The molecule has 2 aromatic carbocycles. The Morgan fingerprint density at radius 3 is 2.46 bits per heavy atom. The van der Waals surface area contributed by atoms with E-state index >= 15 is 0 Å². The van der Waals surface area contributed by atoms with Crippen molar-refractivity contribution >= 4 is 29.2 Å². The van der Waals surface area contributed by atoms with E-state index in [0.29, 0.717) is 28.6 Å². The van der Waals surface area contributed by atoms with Crippen molar-refractivity contribution < 1.29 is 19.1 Å². The molecule has 0 heterocycles. The number of hydrogen-bond acceptors (Lipinski definition) is 4. The van der Waals surface area contributed by atoms with Gasteiger partial charge in [0, 0.05) is 0 Å². The first kappa shape index (κ1) is 17.8. The average molecular weight is 348 g/mol. The Morgan fingerprint density at radius 1 is 1.12 bits per heavy atom. The molecule has 0 aliphatic carbocycles. The minimum atomic E-state index is -0.393. The molecule has 24 heavy (non-hydrogen) atoms. The summed E-state index contributed by atoms with van der Waals surface area (Å²) in [5.41, 5.74) is 1.98. The Morgan fingerprint density at radius 2 is 1.83 bits per heavy atom. The summed E-state index contributed by atoms with van der Waals surface area (Å²) in [4.78, 5) is 23.5. The molecule has 0 radical (unpaired) electrons. The number of amides is 1. The van der Waals surface area contributed by atoms with Crippen LogP contribution in [-0.2, 0) is 9.53 Å². The van der Waals surface area contributed by atoms with Gasteiger partial charge in [0.15, 0.2) is 6.61 Å². The highest BCUT2D eigenvalue weighted by Gasteiger charge is 2.09. The molecule has 1 amide bonds. The molecule has 2 rings (SSSR count). The van der Waals surface area contributed by atoms with Gasteiger partial charge in [-0.05, 0) is 55.8 Å². The van der Waals surface area contributed by atoms with E-state index in [-0.39, 0.29) is 12.5 Å². The maximum Gasteiger partial charge on any atom is 0.338 e. The van der Waals surface area contributed by atoms with E-state index in [0.717, 1.165) is 5.56 Å². The van der Waals surface area contributed by atoms with Crippen LogP contribution >= 0.6 is 11.6 Å². The fourth-order valence-corrected chi connectivity index (χ4v) is 2.24. The quantitative estimate of drug-likeness (QED) is 0.806. The Hall–Kier alpha value is -2.53. The monoisotopic (exact) mass is 347 g/mol. The molecule has 0 atom stereocenters. The number of aryl methyl sites for hydroxylation is 1. The van der Waals surface area contributed by atoms with Crippen molar-refractivity contribution in [3.05, 3.63) is 58.6 Å².